The lowest BCUT2D eigenvalue weighted by molar-refractivity contribution is 0.103. The number of benzene rings is 2. The van der Waals surface area contributed by atoms with Crippen LogP contribution in [-0.2, 0) is 0 Å². The molecule has 98 valence electrons. The zero-order valence-electron chi connectivity index (χ0n) is 10.1. The predicted octanol–water partition coefficient (Wildman–Crippen LogP) is 3.92. The van der Waals surface area contributed by atoms with E-state index in [2.05, 4.69) is 15.9 Å². The number of nitrogen functional groups attached to an aromatic ring is 1. The molecule has 2 N–H and O–H groups in total. The molecule has 0 radical (unpaired) electrons. The third-order valence-electron chi connectivity index (χ3n) is 2.65. The molecule has 19 heavy (non-hydrogen) atoms. The summed E-state index contributed by atoms with van der Waals surface area (Å²) < 4.78 is 5.75. The highest BCUT2D eigenvalue weighted by Crippen LogP contribution is 2.28. The Bertz CT molecular complexity index is 643. The first-order chi connectivity index (χ1) is 9.02. The maximum Gasteiger partial charge on any atom is 0.194 e. The van der Waals surface area contributed by atoms with Gasteiger partial charge in [0, 0.05) is 21.3 Å². The van der Waals surface area contributed by atoms with Crippen LogP contribution in [0.5, 0.6) is 5.75 Å². The molecular formula is C14H11BrClNO2. The van der Waals surface area contributed by atoms with Crippen LogP contribution in [0.3, 0.4) is 0 Å². The van der Waals surface area contributed by atoms with Gasteiger partial charge in [0.1, 0.15) is 5.75 Å². The van der Waals surface area contributed by atoms with Crippen LogP contribution in [0.2, 0.25) is 5.02 Å². The zero-order chi connectivity index (χ0) is 14.0. The van der Waals surface area contributed by atoms with E-state index in [4.69, 9.17) is 22.1 Å². The third kappa shape index (κ3) is 2.91. The van der Waals surface area contributed by atoms with E-state index in [0.29, 0.717) is 32.1 Å². The first-order valence-electron chi connectivity index (χ1n) is 5.46. The molecular weight excluding hydrogens is 330 g/mol. The van der Waals surface area contributed by atoms with Crippen LogP contribution < -0.4 is 10.5 Å². The van der Waals surface area contributed by atoms with Crippen LogP contribution in [0, 0.1) is 0 Å². The molecule has 0 bridgehead atoms. The number of hydrogen-bond acceptors (Lipinski definition) is 3. The van der Waals surface area contributed by atoms with Crippen molar-refractivity contribution in [1.29, 1.82) is 0 Å². The fourth-order valence-electron chi connectivity index (χ4n) is 1.68. The van der Waals surface area contributed by atoms with Gasteiger partial charge in [-0.25, -0.2) is 0 Å². The average Bonchev–Trinajstić information content (AvgIpc) is 2.40. The Morgan fingerprint density at radius 2 is 2.00 bits per heavy atom. The number of halogens is 2. The minimum Gasteiger partial charge on any atom is -0.495 e. The van der Waals surface area contributed by atoms with E-state index in [0.717, 1.165) is 0 Å². The molecule has 0 saturated carbocycles. The molecule has 0 spiro atoms. The molecule has 2 aromatic rings. The fourth-order valence-corrected chi connectivity index (χ4v) is 2.36. The quantitative estimate of drug-likeness (QED) is 0.680. The van der Waals surface area contributed by atoms with E-state index < -0.39 is 0 Å². The van der Waals surface area contributed by atoms with Gasteiger partial charge in [-0.15, -0.1) is 0 Å². The summed E-state index contributed by atoms with van der Waals surface area (Å²) in [4.78, 5) is 12.4. The highest BCUT2D eigenvalue weighted by Gasteiger charge is 2.14. The third-order valence-corrected chi connectivity index (χ3v) is 3.64. The number of carbonyl (C=O) groups excluding carboxylic acids is 1. The van der Waals surface area contributed by atoms with E-state index in [-0.39, 0.29) is 5.78 Å². The van der Waals surface area contributed by atoms with Crippen LogP contribution in [0.15, 0.2) is 40.9 Å². The van der Waals surface area contributed by atoms with Crippen LogP contribution in [-0.4, -0.2) is 12.9 Å². The maximum atomic E-state index is 12.4. The van der Waals surface area contributed by atoms with Gasteiger partial charge in [-0.1, -0.05) is 27.5 Å². The van der Waals surface area contributed by atoms with Gasteiger partial charge in [0.2, 0.25) is 0 Å². The number of nitrogens with two attached hydrogens (primary N) is 1. The Morgan fingerprint density at radius 3 is 2.63 bits per heavy atom. The number of ketones is 1. The van der Waals surface area contributed by atoms with Crippen molar-refractivity contribution in [3.8, 4) is 5.75 Å². The highest BCUT2D eigenvalue weighted by atomic mass is 79.9. The van der Waals surface area contributed by atoms with Gasteiger partial charge >= 0.3 is 0 Å². The predicted molar refractivity (Wildman–Crippen MR) is 80.0 cm³/mol. The summed E-state index contributed by atoms with van der Waals surface area (Å²) in [5, 5.41) is 0.397. The van der Waals surface area contributed by atoms with Gasteiger partial charge in [-0.2, -0.15) is 0 Å². The van der Waals surface area contributed by atoms with Crippen molar-refractivity contribution in [1.82, 2.24) is 0 Å². The Labute approximate surface area is 124 Å². The molecule has 0 amide bonds. The molecule has 2 rings (SSSR count). The molecule has 3 nitrogen and oxygen atoms in total. The maximum absolute atomic E-state index is 12.4. The lowest BCUT2D eigenvalue weighted by Crippen LogP contribution is -2.03. The van der Waals surface area contributed by atoms with E-state index in [1.165, 1.54) is 7.11 Å². The summed E-state index contributed by atoms with van der Waals surface area (Å²) in [5.41, 5.74) is 7.22. The number of carbonyl (C=O) groups is 1. The first kappa shape index (κ1) is 13.9. The molecule has 0 saturated heterocycles. The molecule has 0 fully saturated rings. The summed E-state index contributed by atoms with van der Waals surface area (Å²) in [6, 6.07) is 10.0. The SMILES string of the molecule is COc1ccc(C(=O)c2cc(N)ccc2Br)cc1Cl. The summed E-state index contributed by atoms with van der Waals surface area (Å²) >= 11 is 9.36. The topological polar surface area (TPSA) is 52.3 Å². The lowest BCUT2D eigenvalue weighted by atomic mass is 10.0. The first-order valence-corrected chi connectivity index (χ1v) is 6.63. The second kappa shape index (κ2) is 5.63. The minimum atomic E-state index is -0.149. The monoisotopic (exact) mass is 339 g/mol. The number of hydrogen-bond donors (Lipinski definition) is 1. The standard InChI is InChI=1S/C14H11BrClNO2/c1-19-13-5-2-8(6-12(13)16)14(18)10-7-9(17)3-4-11(10)15/h2-7H,17H2,1H3. The van der Waals surface area contributed by atoms with Gasteiger partial charge in [0.05, 0.1) is 12.1 Å². The van der Waals surface area contributed by atoms with Crippen molar-refractivity contribution >= 4 is 39.0 Å². The molecule has 0 aromatic heterocycles. The Hall–Kier alpha value is -1.52. The summed E-state index contributed by atoms with van der Waals surface area (Å²) in [6.45, 7) is 0. The second-order valence-corrected chi connectivity index (χ2v) is 5.18. The molecule has 0 aliphatic heterocycles. The van der Waals surface area contributed by atoms with Gasteiger partial charge in [0.25, 0.3) is 0 Å². The average molecular weight is 341 g/mol. The van der Waals surface area contributed by atoms with Crippen molar-refractivity contribution in [2.75, 3.05) is 12.8 Å². The van der Waals surface area contributed by atoms with E-state index in [1.807, 2.05) is 0 Å². The minimum absolute atomic E-state index is 0.149. The molecule has 0 aliphatic carbocycles. The normalized spacial score (nSPS) is 10.3. The molecule has 2 aromatic carbocycles. The van der Waals surface area contributed by atoms with E-state index in [1.54, 1.807) is 36.4 Å². The second-order valence-electron chi connectivity index (χ2n) is 3.92. The molecule has 5 heteroatoms. The van der Waals surface area contributed by atoms with Crippen molar-refractivity contribution < 1.29 is 9.53 Å². The van der Waals surface area contributed by atoms with Crippen molar-refractivity contribution in [2.24, 2.45) is 0 Å². The summed E-state index contributed by atoms with van der Waals surface area (Å²) in [5.74, 6) is 0.383. The summed E-state index contributed by atoms with van der Waals surface area (Å²) in [7, 11) is 1.52. The number of ether oxygens (including phenoxy) is 1. The number of methoxy groups -OCH3 is 1. The highest BCUT2D eigenvalue weighted by molar-refractivity contribution is 9.10. The van der Waals surface area contributed by atoms with Gasteiger partial charge in [0.15, 0.2) is 5.78 Å². The molecule has 0 atom stereocenters. The number of rotatable bonds is 3. The van der Waals surface area contributed by atoms with Crippen LogP contribution in [0.1, 0.15) is 15.9 Å². The van der Waals surface area contributed by atoms with E-state index in [9.17, 15) is 4.79 Å². The van der Waals surface area contributed by atoms with Gasteiger partial charge in [-0.05, 0) is 36.4 Å². The van der Waals surface area contributed by atoms with Crippen LogP contribution in [0.25, 0.3) is 0 Å². The van der Waals surface area contributed by atoms with E-state index >= 15 is 0 Å². The Kier molecular flexibility index (Phi) is 4.12. The lowest BCUT2D eigenvalue weighted by Gasteiger charge is -2.07. The molecule has 0 unspecified atom stereocenters. The van der Waals surface area contributed by atoms with Gasteiger partial charge in [-0.3, -0.25) is 4.79 Å². The Morgan fingerprint density at radius 1 is 1.26 bits per heavy atom. The molecule has 0 heterocycles. The van der Waals surface area contributed by atoms with Gasteiger partial charge < -0.3 is 10.5 Å². The largest absolute Gasteiger partial charge is 0.495 e. The van der Waals surface area contributed by atoms with Crippen molar-refractivity contribution in [3.05, 3.63) is 57.0 Å². The zero-order valence-corrected chi connectivity index (χ0v) is 12.5. The Balaban J connectivity index is 2.44. The number of anilines is 1. The molecule has 0 aliphatic rings. The smallest absolute Gasteiger partial charge is 0.194 e. The van der Waals surface area contributed by atoms with Crippen molar-refractivity contribution in [3.63, 3.8) is 0 Å². The fraction of sp³-hybridized carbons (Fsp3) is 0.0714. The van der Waals surface area contributed by atoms with Crippen LogP contribution >= 0.6 is 27.5 Å². The van der Waals surface area contributed by atoms with Crippen molar-refractivity contribution in [2.45, 2.75) is 0 Å². The summed E-state index contributed by atoms with van der Waals surface area (Å²) in [6.07, 6.45) is 0. The van der Waals surface area contributed by atoms with Crippen LogP contribution in [0.4, 0.5) is 5.69 Å².